The highest BCUT2D eigenvalue weighted by atomic mass is 15.2. The number of pyridine rings is 1. The summed E-state index contributed by atoms with van der Waals surface area (Å²) in [5.41, 5.74) is 2.37. The Kier molecular flexibility index (Phi) is 4.60. The summed E-state index contributed by atoms with van der Waals surface area (Å²) >= 11 is 0. The molecule has 0 amide bonds. The Hall–Kier alpha value is -1.05. The van der Waals surface area contributed by atoms with E-state index in [-0.39, 0.29) is 0 Å². The number of anilines is 1. The zero-order chi connectivity index (χ0) is 11.3. The number of rotatable bonds is 2. The Morgan fingerprint density at radius 3 is 2.47 bits per heavy atom. The van der Waals surface area contributed by atoms with Crippen LogP contribution < -0.4 is 4.90 Å². The summed E-state index contributed by atoms with van der Waals surface area (Å²) < 4.78 is 0. The highest BCUT2D eigenvalue weighted by Crippen LogP contribution is 2.25. The molecule has 2 rings (SSSR count). The minimum absolute atomic E-state index is 0.904. The van der Waals surface area contributed by atoms with Crippen LogP contribution in [0.2, 0.25) is 0 Å². The molecule has 1 aliphatic heterocycles. The van der Waals surface area contributed by atoms with Gasteiger partial charge in [-0.1, -0.05) is 20.8 Å². The Morgan fingerprint density at radius 1 is 1.33 bits per heavy atom. The number of hydrogen-bond acceptors (Lipinski definition) is 2. The first-order chi connectivity index (χ1) is 7.29. The zero-order valence-electron chi connectivity index (χ0n) is 10.3. The molecule has 0 aromatic carbocycles. The van der Waals surface area contributed by atoms with Crippen molar-refractivity contribution in [3.8, 4) is 0 Å². The Labute approximate surface area is 93.3 Å². The average Bonchev–Trinajstić information content (AvgIpc) is 2.22. The van der Waals surface area contributed by atoms with E-state index in [1.165, 1.54) is 25.2 Å². The van der Waals surface area contributed by atoms with Gasteiger partial charge in [0.15, 0.2) is 0 Å². The maximum atomic E-state index is 4.29. The molecular weight excluding hydrogens is 184 g/mol. The lowest BCUT2D eigenvalue weighted by atomic mass is 9.97. The van der Waals surface area contributed by atoms with Crippen molar-refractivity contribution in [2.24, 2.45) is 5.92 Å². The Bertz CT molecular complexity index is 273. The van der Waals surface area contributed by atoms with Crippen LogP contribution in [-0.2, 0) is 0 Å². The lowest BCUT2D eigenvalue weighted by Gasteiger charge is -2.40. The molecule has 2 heterocycles. The van der Waals surface area contributed by atoms with Crippen LogP contribution in [0.1, 0.15) is 32.9 Å². The molecule has 0 spiro atoms. The van der Waals surface area contributed by atoms with Crippen LogP contribution in [0.5, 0.6) is 0 Å². The Balaban J connectivity index is 0.000000531. The predicted molar refractivity (Wildman–Crippen MR) is 66.3 cm³/mol. The molecule has 15 heavy (non-hydrogen) atoms. The monoisotopic (exact) mass is 206 g/mol. The molecule has 1 aromatic rings. The van der Waals surface area contributed by atoms with E-state index in [9.17, 15) is 0 Å². The van der Waals surface area contributed by atoms with Crippen LogP contribution in [0.4, 0.5) is 5.69 Å². The second-order valence-electron chi connectivity index (χ2n) is 3.84. The van der Waals surface area contributed by atoms with E-state index >= 15 is 0 Å². The predicted octanol–water partition coefficient (Wildman–Crippen LogP) is 3.26. The summed E-state index contributed by atoms with van der Waals surface area (Å²) in [4.78, 5) is 6.68. The minimum atomic E-state index is 0.904. The highest BCUT2D eigenvalue weighted by molar-refractivity contribution is 5.47. The molecule has 0 radical (unpaired) electrons. The first-order valence-corrected chi connectivity index (χ1v) is 5.97. The molecule has 2 heteroatoms. The summed E-state index contributed by atoms with van der Waals surface area (Å²) in [6.07, 6.45) is 3.27. The molecule has 1 saturated heterocycles. The molecule has 0 bridgehead atoms. The van der Waals surface area contributed by atoms with Gasteiger partial charge >= 0.3 is 0 Å². The van der Waals surface area contributed by atoms with Gasteiger partial charge in [-0.3, -0.25) is 4.98 Å². The van der Waals surface area contributed by atoms with Gasteiger partial charge in [-0.15, -0.1) is 0 Å². The van der Waals surface area contributed by atoms with Gasteiger partial charge in [-0.05, 0) is 31.4 Å². The molecule has 0 atom stereocenters. The van der Waals surface area contributed by atoms with Gasteiger partial charge in [0.1, 0.15) is 0 Å². The van der Waals surface area contributed by atoms with Crippen molar-refractivity contribution < 1.29 is 0 Å². The highest BCUT2D eigenvalue weighted by Gasteiger charge is 2.24. The van der Waals surface area contributed by atoms with Crippen molar-refractivity contribution in [2.45, 2.75) is 34.1 Å². The Morgan fingerprint density at radius 2 is 2.00 bits per heavy atom. The van der Waals surface area contributed by atoms with E-state index in [0.29, 0.717) is 0 Å². The van der Waals surface area contributed by atoms with Crippen LogP contribution >= 0.6 is 0 Å². The SMILES string of the molecule is CC.CCC1CN(c2ccc(C)nc2)C1. The van der Waals surface area contributed by atoms with Gasteiger partial charge in [0.05, 0.1) is 11.9 Å². The number of aryl methyl sites for hydroxylation is 1. The number of aromatic nitrogens is 1. The maximum absolute atomic E-state index is 4.29. The third-order valence-corrected chi connectivity index (χ3v) is 2.80. The van der Waals surface area contributed by atoms with Crippen molar-refractivity contribution in [1.82, 2.24) is 4.98 Å². The fourth-order valence-electron chi connectivity index (χ4n) is 1.69. The van der Waals surface area contributed by atoms with Crippen LogP contribution in [0.25, 0.3) is 0 Å². The second-order valence-corrected chi connectivity index (χ2v) is 3.84. The van der Waals surface area contributed by atoms with Gasteiger partial charge in [-0.2, -0.15) is 0 Å². The summed E-state index contributed by atoms with van der Waals surface area (Å²) in [6, 6.07) is 4.24. The van der Waals surface area contributed by atoms with Crippen molar-refractivity contribution in [3.63, 3.8) is 0 Å². The topological polar surface area (TPSA) is 16.1 Å². The largest absolute Gasteiger partial charge is 0.370 e. The summed E-state index contributed by atoms with van der Waals surface area (Å²) in [5.74, 6) is 0.904. The van der Waals surface area contributed by atoms with Crippen LogP contribution in [0.3, 0.4) is 0 Å². The van der Waals surface area contributed by atoms with Gasteiger partial charge < -0.3 is 4.90 Å². The lowest BCUT2D eigenvalue weighted by molar-refractivity contribution is 0.398. The van der Waals surface area contributed by atoms with Gasteiger partial charge in [-0.25, -0.2) is 0 Å². The number of nitrogens with zero attached hydrogens (tertiary/aromatic N) is 2. The van der Waals surface area contributed by atoms with E-state index < -0.39 is 0 Å². The standard InChI is InChI=1S/C11H16N2.C2H6/c1-3-10-7-13(8-10)11-5-4-9(2)12-6-11;1-2/h4-6,10H,3,7-8H2,1-2H3;1-2H3. The molecule has 1 aliphatic rings. The van der Waals surface area contributed by atoms with E-state index in [4.69, 9.17) is 0 Å². The number of hydrogen-bond donors (Lipinski definition) is 0. The summed E-state index contributed by atoms with van der Waals surface area (Å²) in [7, 11) is 0. The second kappa shape index (κ2) is 5.74. The van der Waals surface area contributed by atoms with E-state index in [1.807, 2.05) is 27.0 Å². The van der Waals surface area contributed by atoms with Crippen molar-refractivity contribution in [1.29, 1.82) is 0 Å². The fraction of sp³-hybridized carbons (Fsp3) is 0.615. The van der Waals surface area contributed by atoms with Gasteiger partial charge in [0.2, 0.25) is 0 Å². The maximum Gasteiger partial charge on any atom is 0.0553 e. The quantitative estimate of drug-likeness (QED) is 0.738. The van der Waals surface area contributed by atoms with Crippen LogP contribution in [0.15, 0.2) is 18.3 Å². The van der Waals surface area contributed by atoms with E-state index in [2.05, 4.69) is 28.9 Å². The molecule has 1 aromatic heterocycles. The molecular formula is C13H22N2. The van der Waals surface area contributed by atoms with Crippen LogP contribution in [0, 0.1) is 12.8 Å². The smallest absolute Gasteiger partial charge is 0.0553 e. The molecule has 0 N–H and O–H groups in total. The third-order valence-electron chi connectivity index (χ3n) is 2.80. The van der Waals surface area contributed by atoms with Gasteiger partial charge in [0, 0.05) is 18.8 Å². The van der Waals surface area contributed by atoms with Crippen molar-refractivity contribution in [3.05, 3.63) is 24.0 Å². The van der Waals surface area contributed by atoms with Crippen LogP contribution in [-0.4, -0.2) is 18.1 Å². The zero-order valence-corrected chi connectivity index (χ0v) is 10.3. The molecule has 2 nitrogen and oxygen atoms in total. The van der Waals surface area contributed by atoms with E-state index in [0.717, 1.165) is 11.6 Å². The fourth-order valence-corrected chi connectivity index (χ4v) is 1.69. The third kappa shape index (κ3) is 2.95. The first kappa shape index (κ1) is 12.0. The van der Waals surface area contributed by atoms with E-state index in [1.54, 1.807) is 0 Å². The molecule has 0 unspecified atom stereocenters. The van der Waals surface area contributed by atoms with Crippen molar-refractivity contribution in [2.75, 3.05) is 18.0 Å². The molecule has 84 valence electrons. The average molecular weight is 206 g/mol. The first-order valence-electron chi connectivity index (χ1n) is 5.97. The lowest BCUT2D eigenvalue weighted by Crippen LogP contribution is -2.46. The molecule has 0 saturated carbocycles. The molecule has 1 fully saturated rings. The minimum Gasteiger partial charge on any atom is -0.370 e. The summed E-state index contributed by atoms with van der Waals surface area (Å²) in [6.45, 7) is 10.7. The normalized spacial score (nSPS) is 15.3. The van der Waals surface area contributed by atoms with Crippen molar-refractivity contribution >= 4 is 5.69 Å². The molecule has 0 aliphatic carbocycles. The van der Waals surface area contributed by atoms with Gasteiger partial charge in [0.25, 0.3) is 0 Å². The summed E-state index contributed by atoms with van der Waals surface area (Å²) in [5, 5.41) is 0.